The minimum atomic E-state index is 0.935. The van der Waals surface area contributed by atoms with E-state index in [-0.39, 0.29) is 0 Å². The Morgan fingerprint density at radius 2 is 1.24 bits per heavy atom. The zero-order valence-corrected chi connectivity index (χ0v) is 21.2. The van der Waals surface area contributed by atoms with E-state index >= 15 is 0 Å². The Morgan fingerprint density at radius 3 is 1.79 bits per heavy atom. The lowest BCUT2D eigenvalue weighted by Gasteiger charge is -2.36. The van der Waals surface area contributed by atoms with Gasteiger partial charge in [-0.15, -0.1) is 0 Å². The smallest absolute Gasteiger partial charge is 0.229 e. The lowest BCUT2D eigenvalue weighted by molar-refractivity contribution is 0.260. The van der Waals surface area contributed by atoms with Crippen LogP contribution < -0.4 is 19.4 Å². The molecule has 184 valence electrons. The molecular weight excluding hydrogens is 424 g/mol. The highest BCUT2D eigenvalue weighted by atomic mass is 16.5. The first kappa shape index (κ1) is 23.2. The van der Waals surface area contributed by atoms with Gasteiger partial charge in [0.2, 0.25) is 5.95 Å². The minimum absolute atomic E-state index is 0.935. The summed E-state index contributed by atoms with van der Waals surface area (Å²) in [5, 5.41) is 0. The molecule has 0 unspecified atom stereocenters. The Bertz CT molecular complexity index is 918. The molecule has 1 aromatic heterocycles. The van der Waals surface area contributed by atoms with Crippen LogP contribution >= 0.6 is 0 Å². The molecule has 3 aliphatic heterocycles. The summed E-state index contributed by atoms with van der Waals surface area (Å²) < 4.78 is 5.53. The second-order valence-corrected chi connectivity index (χ2v) is 10.1. The second kappa shape index (κ2) is 10.4. The average molecular weight is 465 g/mol. The quantitative estimate of drug-likeness (QED) is 0.620. The summed E-state index contributed by atoms with van der Waals surface area (Å²) in [6, 6.07) is 6.80. The van der Waals surface area contributed by atoms with E-state index in [1.807, 2.05) is 0 Å². The summed E-state index contributed by atoms with van der Waals surface area (Å²) >= 11 is 0. The fourth-order valence-corrected chi connectivity index (χ4v) is 5.73. The summed E-state index contributed by atoms with van der Waals surface area (Å²) in [5.74, 6) is 4.19. The van der Waals surface area contributed by atoms with Gasteiger partial charge >= 0.3 is 0 Å². The third kappa shape index (κ3) is 5.09. The minimum Gasteiger partial charge on any atom is -0.496 e. The Morgan fingerprint density at radius 1 is 0.706 bits per heavy atom. The molecule has 7 nitrogen and oxygen atoms in total. The number of aromatic nitrogens is 2. The predicted molar refractivity (Wildman–Crippen MR) is 140 cm³/mol. The number of rotatable bonds is 7. The van der Waals surface area contributed by atoms with Gasteiger partial charge in [-0.3, -0.25) is 4.90 Å². The largest absolute Gasteiger partial charge is 0.496 e. The maximum atomic E-state index is 5.53. The van der Waals surface area contributed by atoms with Crippen LogP contribution in [-0.4, -0.2) is 80.9 Å². The van der Waals surface area contributed by atoms with E-state index in [0.717, 1.165) is 88.7 Å². The fourth-order valence-electron chi connectivity index (χ4n) is 5.73. The molecule has 4 heterocycles. The van der Waals surface area contributed by atoms with Crippen molar-refractivity contribution in [2.24, 2.45) is 0 Å². The zero-order valence-electron chi connectivity index (χ0n) is 21.2. The van der Waals surface area contributed by atoms with E-state index in [9.17, 15) is 0 Å². The zero-order chi connectivity index (χ0) is 23.5. The van der Waals surface area contributed by atoms with Crippen LogP contribution in [0.2, 0.25) is 0 Å². The van der Waals surface area contributed by atoms with Crippen LogP contribution in [0, 0.1) is 13.8 Å². The molecule has 2 aromatic rings. The highest BCUT2D eigenvalue weighted by molar-refractivity contribution is 5.56. The molecule has 0 radical (unpaired) electrons. The highest BCUT2D eigenvalue weighted by Gasteiger charge is 2.24. The number of methoxy groups -OCH3 is 1. The second-order valence-electron chi connectivity index (χ2n) is 10.1. The predicted octanol–water partition coefficient (Wildman–Crippen LogP) is 3.67. The number of benzene rings is 1. The van der Waals surface area contributed by atoms with E-state index in [4.69, 9.17) is 14.7 Å². The van der Waals surface area contributed by atoms with Gasteiger partial charge in [-0.05, 0) is 62.6 Å². The molecule has 1 aromatic carbocycles. The molecule has 0 amide bonds. The molecule has 0 saturated carbocycles. The third-order valence-electron chi connectivity index (χ3n) is 7.64. The average Bonchev–Trinajstić information content (AvgIpc) is 3.58. The molecule has 0 atom stereocenters. The Kier molecular flexibility index (Phi) is 7.09. The van der Waals surface area contributed by atoms with Crippen molar-refractivity contribution in [1.82, 2.24) is 14.9 Å². The van der Waals surface area contributed by atoms with Gasteiger partial charge in [0.25, 0.3) is 0 Å². The number of aryl methyl sites for hydroxylation is 2. The number of piperazine rings is 1. The van der Waals surface area contributed by atoms with E-state index in [1.165, 1.54) is 42.4 Å². The molecule has 0 N–H and O–H groups in total. The maximum Gasteiger partial charge on any atom is 0.229 e. The van der Waals surface area contributed by atoms with Crippen LogP contribution in [-0.2, 0) is 6.42 Å². The molecule has 34 heavy (non-hydrogen) atoms. The van der Waals surface area contributed by atoms with Gasteiger partial charge in [0.1, 0.15) is 17.4 Å². The summed E-state index contributed by atoms with van der Waals surface area (Å²) in [6.45, 7) is 14.0. The summed E-state index contributed by atoms with van der Waals surface area (Å²) in [5.41, 5.74) is 3.86. The molecule has 0 spiro atoms. The van der Waals surface area contributed by atoms with Crippen molar-refractivity contribution in [3.63, 3.8) is 0 Å². The maximum absolute atomic E-state index is 5.53. The number of hydrogen-bond donors (Lipinski definition) is 0. The number of nitrogens with zero attached hydrogens (tertiary/aromatic N) is 6. The van der Waals surface area contributed by atoms with Crippen molar-refractivity contribution in [2.75, 3.05) is 80.7 Å². The van der Waals surface area contributed by atoms with Gasteiger partial charge in [0.05, 0.1) is 7.11 Å². The van der Waals surface area contributed by atoms with Crippen LogP contribution in [0.4, 0.5) is 17.6 Å². The van der Waals surface area contributed by atoms with Crippen LogP contribution in [0.15, 0.2) is 18.2 Å². The molecule has 3 aliphatic rings. The van der Waals surface area contributed by atoms with Crippen molar-refractivity contribution < 1.29 is 4.74 Å². The van der Waals surface area contributed by atoms with Crippen molar-refractivity contribution in [1.29, 1.82) is 0 Å². The highest BCUT2D eigenvalue weighted by Crippen LogP contribution is 2.28. The van der Waals surface area contributed by atoms with Gasteiger partial charge in [-0.1, -0.05) is 12.1 Å². The Hall–Kier alpha value is -2.54. The summed E-state index contributed by atoms with van der Waals surface area (Å²) in [6.07, 6.45) is 6.11. The topological polar surface area (TPSA) is 48.0 Å². The SMILES string of the molecule is COc1c(C)cc(CCN2CCN(c3cc(N4CCCC4)nc(N4CCCC4)n3)CC2)cc1C. The monoisotopic (exact) mass is 464 g/mol. The molecule has 5 rings (SSSR count). The first-order valence-corrected chi connectivity index (χ1v) is 13.1. The van der Waals surface area contributed by atoms with Gasteiger partial charge in [0.15, 0.2) is 0 Å². The van der Waals surface area contributed by atoms with E-state index in [2.05, 4.69) is 51.6 Å². The molecule has 3 fully saturated rings. The van der Waals surface area contributed by atoms with Crippen LogP contribution in [0.3, 0.4) is 0 Å². The van der Waals surface area contributed by atoms with Gasteiger partial charge < -0.3 is 19.4 Å². The van der Waals surface area contributed by atoms with E-state index in [1.54, 1.807) is 7.11 Å². The molecular formula is C27H40N6O. The Labute approximate surface area is 204 Å². The molecule has 0 aliphatic carbocycles. The first-order chi connectivity index (χ1) is 16.6. The van der Waals surface area contributed by atoms with Crippen molar-refractivity contribution >= 4 is 17.6 Å². The van der Waals surface area contributed by atoms with Gasteiger partial charge in [0, 0.05) is 65.0 Å². The Balaban J connectivity index is 1.22. The molecule has 3 saturated heterocycles. The number of ether oxygens (including phenoxy) is 1. The summed E-state index contributed by atoms with van der Waals surface area (Å²) in [4.78, 5) is 19.9. The van der Waals surface area contributed by atoms with Crippen LogP contribution in [0.5, 0.6) is 5.75 Å². The summed E-state index contributed by atoms with van der Waals surface area (Å²) in [7, 11) is 1.76. The molecule has 0 bridgehead atoms. The van der Waals surface area contributed by atoms with Gasteiger partial charge in [-0.2, -0.15) is 9.97 Å². The van der Waals surface area contributed by atoms with Crippen LogP contribution in [0.25, 0.3) is 0 Å². The van der Waals surface area contributed by atoms with Gasteiger partial charge in [-0.25, -0.2) is 0 Å². The number of anilines is 3. The van der Waals surface area contributed by atoms with E-state index in [0.29, 0.717) is 0 Å². The normalized spacial score (nSPS) is 19.3. The fraction of sp³-hybridized carbons (Fsp3) is 0.630. The number of hydrogen-bond acceptors (Lipinski definition) is 7. The molecule has 7 heteroatoms. The standard InChI is InChI=1S/C27H40N6O/c1-21-18-23(19-22(2)26(21)34-3)8-13-30-14-16-32(17-15-30)25-20-24(31-9-4-5-10-31)28-27(29-25)33-11-6-7-12-33/h18-20H,4-17H2,1-3H3. The van der Waals surface area contributed by atoms with E-state index < -0.39 is 0 Å². The van der Waals surface area contributed by atoms with Crippen LogP contribution in [0.1, 0.15) is 42.4 Å². The third-order valence-corrected chi connectivity index (χ3v) is 7.64. The van der Waals surface area contributed by atoms with Crippen molar-refractivity contribution in [3.05, 3.63) is 34.9 Å². The van der Waals surface area contributed by atoms with Crippen molar-refractivity contribution in [3.8, 4) is 5.75 Å². The lowest BCUT2D eigenvalue weighted by atomic mass is 10.0. The lowest BCUT2D eigenvalue weighted by Crippen LogP contribution is -2.47. The first-order valence-electron chi connectivity index (χ1n) is 13.1. The van der Waals surface area contributed by atoms with Crippen molar-refractivity contribution in [2.45, 2.75) is 46.0 Å².